The molecule has 1 fully saturated rings. The fraction of sp³-hybridized carbons (Fsp3) is 0.579. The zero-order chi connectivity index (χ0) is 19.6. The van der Waals surface area contributed by atoms with Crippen LogP contribution < -0.4 is 15.0 Å². The fourth-order valence-electron chi connectivity index (χ4n) is 2.87. The summed E-state index contributed by atoms with van der Waals surface area (Å²) in [5, 5.41) is 3.30. The number of carbonyl (C=O) groups excluding carboxylic acids is 1. The van der Waals surface area contributed by atoms with E-state index >= 15 is 0 Å². The molecule has 2 rings (SSSR count). The molecule has 0 bridgehead atoms. The number of piperazine rings is 1. The van der Waals surface area contributed by atoms with Gasteiger partial charge in [0.25, 0.3) is 0 Å². The monoisotopic (exact) mass is 377 g/mol. The molecule has 1 aliphatic heterocycles. The zero-order valence-electron chi connectivity index (χ0n) is 16.8. The summed E-state index contributed by atoms with van der Waals surface area (Å²) in [5.74, 6) is 1.62. The normalized spacial score (nSPS) is 14.9. The molecule has 0 unspecified atom stereocenters. The van der Waals surface area contributed by atoms with E-state index in [2.05, 4.69) is 26.2 Å². The molecule has 1 saturated heterocycles. The molecular weight excluding hydrogens is 346 g/mol. The van der Waals surface area contributed by atoms with Gasteiger partial charge in [-0.15, -0.1) is 0 Å². The molecule has 0 aromatic heterocycles. The van der Waals surface area contributed by atoms with Gasteiger partial charge in [0.2, 0.25) is 5.91 Å². The predicted octanol–water partition coefficient (Wildman–Crippen LogP) is 0.497. The molecule has 8 heteroatoms. The van der Waals surface area contributed by atoms with Crippen molar-refractivity contribution in [1.82, 2.24) is 15.1 Å². The lowest BCUT2D eigenvalue weighted by atomic mass is 10.2. The van der Waals surface area contributed by atoms with E-state index in [1.165, 1.54) is 0 Å². The summed E-state index contributed by atoms with van der Waals surface area (Å²) in [7, 11) is 6.84. The standard InChI is InChI=1S/C19H31N5O3/c1-22(2)18(25)15-21-19(20-9-14-26-3)24-12-10-23(11-13-24)16-7-5-6-8-17(16)27-4/h5-8H,9-15H2,1-4H3,(H,20,21). The van der Waals surface area contributed by atoms with Crippen LogP contribution in [-0.2, 0) is 9.53 Å². The molecule has 0 saturated carbocycles. The van der Waals surface area contributed by atoms with Crippen LogP contribution in [0.15, 0.2) is 29.3 Å². The Morgan fingerprint density at radius 3 is 2.52 bits per heavy atom. The Labute approximate surface area is 161 Å². The molecule has 1 N–H and O–H groups in total. The van der Waals surface area contributed by atoms with Gasteiger partial charge in [0.15, 0.2) is 5.96 Å². The highest BCUT2D eigenvalue weighted by atomic mass is 16.5. The second-order valence-electron chi connectivity index (χ2n) is 6.49. The molecule has 1 aromatic rings. The number of rotatable bonds is 7. The Hall–Kier alpha value is -2.48. The largest absolute Gasteiger partial charge is 0.495 e. The first-order valence-corrected chi connectivity index (χ1v) is 9.17. The van der Waals surface area contributed by atoms with Crippen molar-refractivity contribution < 1.29 is 14.3 Å². The van der Waals surface area contributed by atoms with Crippen LogP contribution in [0, 0.1) is 0 Å². The topological polar surface area (TPSA) is 69.6 Å². The Balaban J connectivity index is 2.01. The molecular formula is C19H31N5O3. The number of aliphatic imine (C=N–C) groups is 1. The van der Waals surface area contributed by atoms with Crippen molar-refractivity contribution in [2.75, 3.05) is 79.1 Å². The van der Waals surface area contributed by atoms with Crippen molar-refractivity contribution >= 4 is 17.6 Å². The Morgan fingerprint density at radius 2 is 1.89 bits per heavy atom. The first-order valence-electron chi connectivity index (χ1n) is 9.17. The summed E-state index contributed by atoms with van der Waals surface area (Å²) < 4.78 is 10.6. The van der Waals surface area contributed by atoms with Gasteiger partial charge in [-0.3, -0.25) is 4.79 Å². The first kappa shape index (κ1) is 20.8. The minimum atomic E-state index is -0.0197. The minimum Gasteiger partial charge on any atom is -0.495 e. The van der Waals surface area contributed by atoms with Crippen LogP contribution in [0.2, 0.25) is 0 Å². The average Bonchev–Trinajstić information content (AvgIpc) is 2.70. The number of nitrogens with one attached hydrogen (secondary N) is 1. The summed E-state index contributed by atoms with van der Waals surface area (Å²) in [6, 6.07) is 8.06. The van der Waals surface area contributed by atoms with Crippen LogP contribution in [-0.4, -0.2) is 95.9 Å². The number of benzene rings is 1. The summed E-state index contributed by atoms with van der Waals surface area (Å²) in [6.07, 6.45) is 0. The highest BCUT2D eigenvalue weighted by Gasteiger charge is 2.22. The van der Waals surface area contributed by atoms with Crippen molar-refractivity contribution in [3.8, 4) is 5.75 Å². The lowest BCUT2D eigenvalue weighted by molar-refractivity contribution is -0.127. The molecule has 0 aliphatic carbocycles. The Kier molecular flexibility index (Phi) is 8.19. The maximum Gasteiger partial charge on any atom is 0.243 e. The third kappa shape index (κ3) is 6.02. The molecule has 150 valence electrons. The van der Waals surface area contributed by atoms with Crippen LogP contribution in [0.5, 0.6) is 5.75 Å². The number of para-hydroxylation sites is 2. The fourth-order valence-corrected chi connectivity index (χ4v) is 2.87. The number of hydrogen-bond acceptors (Lipinski definition) is 5. The summed E-state index contributed by atoms with van der Waals surface area (Å²) in [5.41, 5.74) is 1.10. The SMILES string of the molecule is COCCNC(=NCC(=O)N(C)C)N1CCN(c2ccccc2OC)CC1. The molecule has 0 atom stereocenters. The number of likely N-dealkylation sites (N-methyl/N-ethyl adjacent to an activating group) is 1. The van der Waals surface area contributed by atoms with E-state index in [0.717, 1.165) is 43.6 Å². The number of carbonyl (C=O) groups is 1. The van der Waals surface area contributed by atoms with Gasteiger partial charge in [-0.25, -0.2) is 4.99 Å². The average molecular weight is 377 g/mol. The third-order valence-electron chi connectivity index (χ3n) is 4.46. The predicted molar refractivity (Wildman–Crippen MR) is 108 cm³/mol. The number of nitrogens with zero attached hydrogens (tertiary/aromatic N) is 4. The van der Waals surface area contributed by atoms with E-state index in [1.807, 2.05) is 18.2 Å². The molecule has 0 radical (unpaired) electrons. The molecule has 1 aromatic carbocycles. The number of guanidine groups is 1. The smallest absolute Gasteiger partial charge is 0.243 e. The molecule has 8 nitrogen and oxygen atoms in total. The van der Waals surface area contributed by atoms with Crippen LogP contribution in [0.1, 0.15) is 0 Å². The molecule has 1 amide bonds. The Bertz CT molecular complexity index is 628. The first-order chi connectivity index (χ1) is 13.1. The third-order valence-corrected chi connectivity index (χ3v) is 4.46. The van der Waals surface area contributed by atoms with Gasteiger partial charge in [-0.2, -0.15) is 0 Å². The van der Waals surface area contributed by atoms with E-state index in [1.54, 1.807) is 33.2 Å². The summed E-state index contributed by atoms with van der Waals surface area (Å²) in [6.45, 7) is 4.70. The minimum absolute atomic E-state index is 0.0197. The zero-order valence-corrected chi connectivity index (χ0v) is 16.8. The second kappa shape index (κ2) is 10.6. The van der Waals surface area contributed by atoms with Gasteiger partial charge in [0, 0.05) is 53.9 Å². The van der Waals surface area contributed by atoms with Gasteiger partial charge in [-0.05, 0) is 12.1 Å². The number of methoxy groups -OCH3 is 2. The van der Waals surface area contributed by atoms with E-state index in [4.69, 9.17) is 9.47 Å². The lowest BCUT2D eigenvalue weighted by Crippen LogP contribution is -2.53. The highest BCUT2D eigenvalue weighted by Crippen LogP contribution is 2.28. The molecule has 1 aliphatic rings. The van der Waals surface area contributed by atoms with E-state index in [9.17, 15) is 4.79 Å². The van der Waals surface area contributed by atoms with Crippen LogP contribution in [0.4, 0.5) is 5.69 Å². The second-order valence-corrected chi connectivity index (χ2v) is 6.49. The van der Waals surface area contributed by atoms with Gasteiger partial charge < -0.3 is 29.5 Å². The van der Waals surface area contributed by atoms with Gasteiger partial charge in [0.05, 0.1) is 19.4 Å². The molecule has 0 spiro atoms. The van der Waals surface area contributed by atoms with Gasteiger partial charge in [0.1, 0.15) is 12.3 Å². The van der Waals surface area contributed by atoms with Crippen LogP contribution in [0.25, 0.3) is 0 Å². The van der Waals surface area contributed by atoms with Crippen molar-refractivity contribution in [2.24, 2.45) is 4.99 Å². The number of hydrogen-bond donors (Lipinski definition) is 1. The number of ether oxygens (including phenoxy) is 2. The van der Waals surface area contributed by atoms with Crippen molar-refractivity contribution in [2.45, 2.75) is 0 Å². The quantitative estimate of drug-likeness (QED) is 0.424. The lowest BCUT2D eigenvalue weighted by Gasteiger charge is -2.38. The molecule has 27 heavy (non-hydrogen) atoms. The molecule has 1 heterocycles. The highest BCUT2D eigenvalue weighted by molar-refractivity contribution is 5.85. The van der Waals surface area contributed by atoms with Crippen LogP contribution in [0.3, 0.4) is 0 Å². The number of anilines is 1. The maximum atomic E-state index is 11.9. The van der Waals surface area contributed by atoms with E-state index in [0.29, 0.717) is 13.2 Å². The summed E-state index contributed by atoms with van der Waals surface area (Å²) in [4.78, 5) is 22.5. The van der Waals surface area contributed by atoms with Gasteiger partial charge in [-0.1, -0.05) is 12.1 Å². The number of amides is 1. The van der Waals surface area contributed by atoms with Crippen LogP contribution >= 0.6 is 0 Å². The van der Waals surface area contributed by atoms with Gasteiger partial charge >= 0.3 is 0 Å². The van der Waals surface area contributed by atoms with Crippen molar-refractivity contribution in [3.63, 3.8) is 0 Å². The van der Waals surface area contributed by atoms with Crippen molar-refractivity contribution in [1.29, 1.82) is 0 Å². The maximum absolute atomic E-state index is 11.9. The van der Waals surface area contributed by atoms with E-state index in [-0.39, 0.29) is 12.5 Å². The van der Waals surface area contributed by atoms with Crippen molar-refractivity contribution in [3.05, 3.63) is 24.3 Å². The Morgan fingerprint density at radius 1 is 1.19 bits per heavy atom. The van der Waals surface area contributed by atoms with E-state index < -0.39 is 0 Å². The summed E-state index contributed by atoms with van der Waals surface area (Å²) >= 11 is 0.